The van der Waals surface area contributed by atoms with E-state index in [1.807, 2.05) is 0 Å². The number of sulfonamides is 1. The number of rotatable bonds is 10. The fraction of sp³-hybridized carbons (Fsp3) is 0.364. The predicted molar refractivity (Wildman–Crippen MR) is 123 cm³/mol. The lowest BCUT2D eigenvalue weighted by atomic mass is 10.1. The van der Waals surface area contributed by atoms with Crippen LogP contribution >= 0.6 is 11.6 Å². The quantitative estimate of drug-likeness (QED) is 0.562. The summed E-state index contributed by atoms with van der Waals surface area (Å²) in [5.74, 6) is -1.46. The van der Waals surface area contributed by atoms with Gasteiger partial charge in [0.15, 0.2) is 0 Å². The zero-order valence-electron chi connectivity index (χ0n) is 18.2. The molecule has 2 amide bonds. The lowest BCUT2D eigenvalue weighted by Gasteiger charge is -2.33. The normalized spacial score (nSPS) is 12.2. The Labute approximate surface area is 193 Å². The van der Waals surface area contributed by atoms with E-state index >= 15 is 0 Å². The molecule has 0 heterocycles. The van der Waals surface area contributed by atoms with Crippen LogP contribution in [0.4, 0.5) is 10.1 Å². The summed E-state index contributed by atoms with van der Waals surface area (Å²) >= 11 is 6.27. The van der Waals surface area contributed by atoms with E-state index in [1.54, 1.807) is 38.1 Å². The number of hydrogen-bond acceptors (Lipinski definition) is 4. The highest BCUT2D eigenvalue weighted by molar-refractivity contribution is 7.92. The summed E-state index contributed by atoms with van der Waals surface area (Å²) in [4.78, 5) is 27.4. The third-order valence-corrected chi connectivity index (χ3v) is 6.34. The van der Waals surface area contributed by atoms with Crippen molar-refractivity contribution in [2.75, 3.05) is 23.7 Å². The zero-order valence-corrected chi connectivity index (χ0v) is 19.8. The van der Waals surface area contributed by atoms with Crippen molar-refractivity contribution in [3.63, 3.8) is 0 Å². The average Bonchev–Trinajstić information content (AvgIpc) is 2.73. The van der Waals surface area contributed by atoms with E-state index in [0.717, 1.165) is 22.7 Å². The Morgan fingerprint density at radius 3 is 2.25 bits per heavy atom. The fourth-order valence-electron chi connectivity index (χ4n) is 3.24. The molecule has 0 aromatic heterocycles. The summed E-state index contributed by atoms with van der Waals surface area (Å²) in [5.41, 5.74) is 0.768. The number of amides is 2. The molecule has 1 atom stereocenters. The average molecular weight is 484 g/mol. The Morgan fingerprint density at radius 1 is 1.09 bits per heavy atom. The van der Waals surface area contributed by atoms with Gasteiger partial charge in [-0.25, -0.2) is 12.8 Å². The van der Waals surface area contributed by atoms with Crippen molar-refractivity contribution in [1.29, 1.82) is 0 Å². The van der Waals surface area contributed by atoms with Gasteiger partial charge < -0.3 is 10.2 Å². The van der Waals surface area contributed by atoms with Gasteiger partial charge in [0.1, 0.15) is 18.4 Å². The molecular formula is C22H27ClFN3O4S. The van der Waals surface area contributed by atoms with E-state index in [0.29, 0.717) is 23.6 Å². The zero-order chi connectivity index (χ0) is 23.9. The minimum atomic E-state index is -3.87. The highest BCUT2D eigenvalue weighted by atomic mass is 35.5. The molecule has 0 saturated heterocycles. The Kier molecular flexibility index (Phi) is 9.03. The van der Waals surface area contributed by atoms with Crippen LogP contribution in [0.1, 0.15) is 25.8 Å². The minimum absolute atomic E-state index is 0.0230. The molecule has 0 aliphatic carbocycles. The first-order valence-corrected chi connectivity index (χ1v) is 12.3. The van der Waals surface area contributed by atoms with Crippen molar-refractivity contribution in [3.05, 3.63) is 64.9 Å². The van der Waals surface area contributed by atoms with Gasteiger partial charge in [-0.2, -0.15) is 0 Å². The van der Waals surface area contributed by atoms with E-state index in [-0.39, 0.29) is 18.1 Å². The molecule has 2 aromatic rings. The Balaban J connectivity index is 2.43. The van der Waals surface area contributed by atoms with E-state index in [1.165, 1.54) is 17.0 Å². The first-order chi connectivity index (χ1) is 15.1. The Morgan fingerprint density at radius 2 is 1.72 bits per heavy atom. The maximum Gasteiger partial charge on any atom is 0.244 e. The monoisotopic (exact) mass is 483 g/mol. The Bertz CT molecular complexity index is 1050. The first-order valence-electron chi connectivity index (χ1n) is 10.1. The molecule has 2 aromatic carbocycles. The van der Waals surface area contributed by atoms with Crippen molar-refractivity contribution in [3.8, 4) is 0 Å². The van der Waals surface area contributed by atoms with Crippen LogP contribution in [-0.4, -0.2) is 50.5 Å². The summed E-state index contributed by atoms with van der Waals surface area (Å²) in [6.07, 6.45) is 1.28. The maximum atomic E-state index is 13.4. The van der Waals surface area contributed by atoms with Crippen molar-refractivity contribution in [1.82, 2.24) is 10.2 Å². The predicted octanol–water partition coefficient (Wildman–Crippen LogP) is 3.19. The second kappa shape index (κ2) is 11.3. The number of anilines is 1. The SMILES string of the molecule is CCNC(=O)[C@@H](CC)N(Cc1ccccc1Cl)C(=O)CN(c1ccc(F)cc1)S(C)(=O)=O. The number of benzene rings is 2. The van der Waals surface area contributed by atoms with Gasteiger partial charge in [-0.1, -0.05) is 36.7 Å². The molecule has 7 nitrogen and oxygen atoms in total. The molecular weight excluding hydrogens is 457 g/mol. The van der Waals surface area contributed by atoms with Gasteiger partial charge >= 0.3 is 0 Å². The van der Waals surface area contributed by atoms with Gasteiger partial charge in [-0.05, 0) is 49.2 Å². The molecule has 10 heteroatoms. The highest BCUT2D eigenvalue weighted by Gasteiger charge is 2.31. The first kappa shape index (κ1) is 25.6. The summed E-state index contributed by atoms with van der Waals surface area (Å²) in [6, 6.07) is 10.9. The van der Waals surface area contributed by atoms with Crippen LogP contribution in [0.15, 0.2) is 48.5 Å². The van der Waals surface area contributed by atoms with Gasteiger partial charge in [0, 0.05) is 18.1 Å². The van der Waals surface area contributed by atoms with E-state index in [4.69, 9.17) is 11.6 Å². The van der Waals surface area contributed by atoms with Crippen molar-refractivity contribution >= 4 is 39.1 Å². The lowest BCUT2D eigenvalue weighted by molar-refractivity contribution is -0.140. The van der Waals surface area contributed by atoms with Crippen molar-refractivity contribution in [2.45, 2.75) is 32.9 Å². The number of hydrogen-bond donors (Lipinski definition) is 1. The van der Waals surface area contributed by atoms with E-state index in [9.17, 15) is 22.4 Å². The topological polar surface area (TPSA) is 86.8 Å². The van der Waals surface area contributed by atoms with Crippen LogP contribution in [0.5, 0.6) is 0 Å². The second-order valence-electron chi connectivity index (χ2n) is 7.18. The van der Waals surface area contributed by atoms with E-state index in [2.05, 4.69) is 5.32 Å². The molecule has 2 rings (SSSR count). The van der Waals surface area contributed by atoms with Crippen LogP contribution in [0, 0.1) is 5.82 Å². The van der Waals surface area contributed by atoms with Crippen molar-refractivity contribution in [2.24, 2.45) is 0 Å². The fourth-order valence-corrected chi connectivity index (χ4v) is 4.29. The molecule has 32 heavy (non-hydrogen) atoms. The van der Waals surface area contributed by atoms with Gasteiger partial charge in [-0.15, -0.1) is 0 Å². The summed E-state index contributed by atoms with van der Waals surface area (Å²) < 4.78 is 39.1. The third-order valence-electron chi connectivity index (χ3n) is 4.83. The Hall–Kier alpha value is -2.65. The molecule has 0 spiro atoms. The number of halogens is 2. The second-order valence-corrected chi connectivity index (χ2v) is 9.49. The number of likely N-dealkylation sites (N-methyl/N-ethyl adjacent to an activating group) is 1. The molecule has 1 N–H and O–H groups in total. The van der Waals surface area contributed by atoms with Crippen LogP contribution in [0.3, 0.4) is 0 Å². The molecule has 0 unspecified atom stereocenters. The van der Waals surface area contributed by atoms with Crippen LogP contribution < -0.4 is 9.62 Å². The standard InChI is InChI=1S/C22H27ClFN3O4S/c1-4-20(22(29)25-5-2)26(14-16-8-6-7-9-19(16)23)21(28)15-27(32(3,30)31)18-12-10-17(24)11-13-18/h6-13,20H,4-5,14-15H2,1-3H3,(H,25,29)/t20-/m1/s1. The molecule has 0 bridgehead atoms. The van der Waals surface area contributed by atoms with Crippen LogP contribution in [-0.2, 0) is 26.2 Å². The smallest absolute Gasteiger partial charge is 0.244 e. The highest BCUT2D eigenvalue weighted by Crippen LogP contribution is 2.22. The summed E-state index contributed by atoms with van der Waals surface area (Å²) in [6.45, 7) is 3.39. The van der Waals surface area contributed by atoms with Gasteiger partial charge in [0.2, 0.25) is 21.8 Å². The van der Waals surface area contributed by atoms with Crippen molar-refractivity contribution < 1.29 is 22.4 Å². The molecule has 0 saturated carbocycles. The van der Waals surface area contributed by atoms with Gasteiger partial charge in [0.25, 0.3) is 0 Å². The number of carbonyl (C=O) groups excluding carboxylic acids is 2. The van der Waals surface area contributed by atoms with E-state index < -0.39 is 34.3 Å². The molecule has 0 aliphatic heterocycles. The minimum Gasteiger partial charge on any atom is -0.355 e. The largest absolute Gasteiger partial charge is 0.355 e. The number of nitrogens with zero attached hydrogens (tertiary/aromatic N) is 2. The molecule has 0 aliphatic rings. The molecule has 174 valence electrons. The van der Waals surface area contributed by atoms with Gasteiger partial charge in [-0.3, -0.25) is 13.9 Å². The number of carbonyl (C=O) groups is 2. The molecule has 0 radical (unpaired) electrons. The third kappa shape index (κ3) is 6.67. The molecule has 0 fully saturated rings. The van der Waals surface area contributed by atoms with Gasteiger partial charge in [0.05, 0.1) is 11.9 Å². The lowest BCUT2D eigenvalue weighted by Crippen LogP contribution is -2.52. The summed E-state index contributed by atoms with van der Waals surface area (Å²) in [7, 11) is -3.87. The van der Waals surface area contributed by atoms with Crippen LogP contribution in [0.25, 0.3) is 0 Å². The summed E-state index contributed by atoms with van der Waals surface area (Å²) in [5, 5.41) is 3.14. The van der Waals surface area contributed by atoms with Crippen LogP contribution in [0.2, 0.25) is 5.02 Å². The number of nitrogens with one attached hydrogen (secondary N) is 1. The maximum absolute atomic E-state index is 13.4.